The summed E-state index contributed by atoms with van der Waals surface area (Å²) < 4.78 is 11.5. The topological polar surface area (TPSA) is 76.7 Å². The molecule has 3 rings (SSSR count). The summed E-state index contributed by atoms with van der Waals surface area (Å²) in [5.74, 6) is 0.788. The number of rotatable bonds is 8. The second kappa shape index (κ2) is 9.10. The predicted molar refractivity (Wildman–Crippen MR) is 110 cm³/mol. The van der Waals surface area contributed by atoms with Gasteiger partial charge in [-0.3, -0.25) is 9.59 Å². The molecular weight excluding hydrogens is 424 g/mol. The molecule has 2 aromatic carbocycles. The van der Waals surface area contributed by atoms with E-state index in [1.54, 1.807) is 24.3 Å². The summed E-state index contributed by atoms with van der Waals surface area (Å²) in [4.78, 5) is 24.5. The molecule has 6 nitrogen and oxygen atoms in total. The molecule has 0 unspecified atom stereocenters. The van der Waals surface area contributed by atoms with Crippen LogP contribution in [0, 0.1) is 0 Å². The number of carbonyl (C=O) groups excluding carboxylic acids is 2. The van der Waals surface area contributed by atoms with Gasteiger partial charge in [0.2, 0.25) is 0 Å². The lowest BCUT2D eigenvalue weighted by Gasteiger charge is -2.13. The SMILES string of the molecule is CCOc1c(Br)cc(C(=O)NCc2ccc(C(=O)NC3CC3)cc2)cc1OC. The van der Waals surface area contributed by atoms with E-state index in [4.69, 9.17) is 9.47 Å². The fraction of sp³-hybridized carbons (Fsp3) is 0.333. The highest BCUT2D eigenvalue weighted by atomic mass is 79.9. The molecule has 7 heteroatoms. The Balaban J connectivity index is 1.61. The average Bonchev–Trinajstić information content (AvgIpc) is 3.51. The standard InChI is InChI=1S/C21H23BrN2O4/c1-3-28-19-17(22)10-15(11-18(19)27-2)20(25)23-12-13-4-6-14(7-5-13)21(26)24-16-8-9-16/h4-7,10-11,16H,3,8-9,12H2,1-2H3,(H,23,25)(H,24,26). The minimum atomic E-state index is -0.224. The first kappa shape index (κ1) is 20.2. The van der Waals surface area contributed by atoms with Gasteiger partial charge >= 0.3 is 0 Å². The van der Waals surface area contributed by atoms with Gasteiger partial charge in [-0.2, -0.15) is 0 Å². The maximum absolute atomic E-state index is 12.5. The zero-order chi connectivity index (χ0) is 20.1. The number of hydrogen-bond acceptors (Lipinski definition) is 4. The molecule has 0 heterocycles. The summed E-state index contributed by atoms with van der Waals surface area (Å²) in [7, 11) is 1.53. The van der Waals surface area contributed by atoms with E-state index in [1.165, 1.54) is 7.11 Å². The minimum Gasteiger partial charge on any atom is -0.493 e. The Morgan fingerprint density at radius 3 is 2.43 bits per heavy atom. The van der Waals surface area contributed by atoms with Gasteiger partial charge in [-0.1, -0.05) is 12.1 Å². The van der Waals surface area contributed by atoms with Crippen LogP contribution in [-0.4, -0.2) is 31.6 Å². The number of nitrogens with one attached hydrogen (secondary N) is 2. The van der Waals surface area contributed by atoms with Gasteiger partial charge in [0.1, 0.15) is 0 Å². The van der Waals surface area contributed by atoms with E-state index >= 15 is 0 Å². The maximum atomic E-state index is 12.5. The van der Waals surface area contributed by atoms with Crippen LogP contribution < -0.4 is 20.1 Å². The molecule has 0 aromatic heterocycles. The van der Waals surface area contributed by atoms with Crippen LogP contribution in [0.3, 0.4) is 0 Å². The smallest absolute Gasteiger partial charge is 0.251 e. The van der Waals surface area contributed by atoms with Gasteiger partial charge in [0.15, 0.2) is 11.5 Å². The number of methoxy groups -OCH3 is 1. The van der Waals surface area contributed by atoms with Crippen LogP contribution in [0.1, 0.15) is 46.0 Å². The molecule has 1 fully saturated rings. The van der Waals surface area contributed by atoms with Gasteiger partial charge in [-0.05, 0) is 65.5 Å². The lowest BCUT2D eigenvalue weighted by Crippen LogP contribution is -2.25. The van der Waals surface area contributed by atoms with Crippen LogP contribution in [0.15, 0.2) is 40.9 Å². The highest BCUT2D eigenvalue weighted by Crippen LogP contribution is 2.36. The van der Waals surface area contributed by atoms with Crippen molar-refractivity contribution in [1.29, 1.82) is 0 Å². The molecule has 0 saturated heterocycles. The summed E-state index contributed by atoms with van der Waals surface area (Å²) in [6.07, 6.45) is 2.12. The molecular formula is C21H23BrN2O4. The Bertz CT molecular complexity index is 863. The van der Waals surface area contributed by atoms with Gasteiger partial charge in [-0.25, -0.2) is 0 Å². The van der Waals surface area contributed by atoms with E-state index < -0.39 is 0 Å². The van der Waals surface area contributed by atoms with Gasteiger partial charge in [0.05, 0.1) is 18.2 Å². The summed E-state index contributed by atoms with van der Waals surface area (Å²) in [6, 6.07) is 10.9. The van der Waals surface area contributed by atoms with Crippen molar-refractivity contribution < 1.29 is 19.1 Å². The molecule has 1 aliphatic carbocycles. The Labute approximate surface area is 172 Å². The van der Waals surface area contributed by atoms with E-state index in [0.29, 0.717) is 46.3 Å². The number of benzene rings is 2. The molecule has 2 amide bonds. The molecule has 1 aliphatic rings. The first-order valence-corrected chi connectivity index (χ1v) is 9.99. The maximum Gasteiger partial charge on any atom is 0.251 e. The lowest BCUT2D eigenvalue weighted by molar-refractivity contribution is 0.0941. The molecule has 2 N–H and O–H groups in total. The van der Waals surface area contributed by atoms with E-state index in [0.717, 1.165) is 18.4 Å². The average molecular weight is 447 g/mol. The zero-order valence-corrected chi connectivity index (χ0v) is 17.5. The van der Waals surface area contributed by atoms with Crippen molar-refractivity contribution in [3.05, 3.63) is 57.6 Å². The zero-order valence-electron chi connectivity index (χ0n) is 15.9. The van der Waals surface area contributed by atoms with Gasteiger partial charge in [0.25, 0.3) is 11.8 Å². The number of carbonyl (C=O) groups is 2. The third-order valence-electron chi connectivity index (χ3n) is 4.36. The number of halogens is 1. The van der Waals surface area contributed by atoms with Crippen molar-refractivity contribution in [3.63, 3.8) is 0 Å². The van der Waals surface area contributed by atoms with Crippen LogP contribution in [0.4, 0.5) is 0 Å². The summed E-state index contributed by atoms with van der Waals surface area (Å²) in [5.41, 5.74) is 2.00. The van der Waals surface area contributed by atoms with Crippen LogP contribution >= 0.6 is 15.9 Å². The number of hydrogen-bond donors (Lipinski definition) is 2. The van der Waals surface area contributed by atoms with Crippen molar-refractivity contribution in [2.24, 2.45) is 0 Å². The van der Waals surface area contributed by atoms with E-state index in [9.17, 15) is 9.59 Å². The molecule has 148 valence electrons. The quantitative estimate of drug-likeness (QED) is 0.648. The number of amides is 2. The van der Waals surface area contributed by atoms with Crippen molar-refractivity contribution in [3.8, 4) is 11.5 Å². The molecule has 2 aromatic rings. The van der Waals surface area contributed by atoms with E-state index in [-0.39, 0.29) is 11.8 Å². The van der Waals surface area contributed by atoms with Gasteiger partial charge in [-0.15, -0.1) is 0 Å². The fourth-order valence-corrected chi connectivity index (χ4v) is 3.25. The normalized spacial score (nSPS) is 13.0. The number of ether oxygens (including phenoxy) is 2. The highest BCUT2D eigenvalue weighted by Gasteiger charge is 2.23. The first-order valence-electron chi connectivity index (χ1n) is 9.20. The van der Waals surface area contributed by atoms with Crippen LogP contribution in [-0.2, 0) is 6.54 Å². The molecule has 0 aliphatic heterocycles. The third-order valence-corrected chi connectivity index (χ3v) is 4.95. The van der Waals surface area contributed by atoms with Crippen molar-refractivity contribution in [2.75, 3.05) is 13.7 Å². The van der Waals surface area contributed by atoms with Crippen molar-refractivity contribution in [2.45, 2.75) is 32.4 Å². The highest BCUT2D eigenvalue weighted by molar-refractivity contribution is 9.10. The first-order chi connectivity index (χ1) is 13.5. The minimum absolute atomic E-state index is 0.0515. The molecule has 1 saturated carbocycles. The second-order valence-electron chi connectivity index (χ2n) is 6.55. The Kier molecular flexibility index (Phi) is 6.57. The fourth-order valence-electron chi connectivity index (χ4n) is 2.69. The van der Waals surface area contributed by atoms with Gasteiger partial charge in [0, 0.05) is 23.7 Å². The van der Waals surface area contributed by atoms with E-state index in [1.807, 2.05) is 19.1 Å². The Morgan fingerprint density at radius 2 is 1.82 bits per heavy atom. The Morgan fingerprint density at radius 1 is 1.11 bits per heavy atom. The van der Waals surface area contributed by atoms with Crippen LogP contribution in [0.5, 0.6) is 11.5 Å². The molecule has 0 atom stereocenters. The third kappa shape index (κ3) is 5.04. The largest absolute Gasteiger partial charge is 0.493 e. The summed E-state index contributed by atoms with van der Waals surface area (Å²) >= 11 is 3.42. The van der Waals surface area contributed by atoms with Crippen molar-refractivity contribution >= 4 is 27.7 Å². The summed E-state index contributed by atoms with van der Waals surface area (Å²) in [6.45, 7) is 2.74. The monoisotopic (exact) mass is 446 g/mol. The van der Waals surface area contributed by atoms with Crippen LogP contribution in [0.25, 0.3) is 0 Å². The molecule has 0 radical (unpaired) electrons. The molecule has 0 spiro atoms. The lowest BCUT2D eigenvalue weighted by atomic mass is 10.1. The molecule has 0 bridgehead atoms. The van der Waals surface area contributed by atoms with Crippen LogP contribution in [0.2, 0.25) is 0 Å². The van der Waals surface area contributed by atoms with Crippen molar-refractivity contribution in [1.82, 2.24) is 10.6 Å². The predicted octanol–water partition coefficient (Wildman–Crippen LogP) is 3.68. The Hall–Kier alpha value is -2.54. The second-order valence-corrected chi connectivity index (χ2v) is 7.40. The van der Waals surface area contributed by atoms with E-state index in [2.05, 4.69) is 26.6 Å². The molecule has 28 heavy (non-hydrogen) atoms. The summed E-state index contributed by atoms with van der Waals surface area (Å²) in [5, 5.41) is 5.84. The van der Waals surface area contributed by atoms with Gasteiger partial charge < -0.3 is 20.1 Å².